The van der Waals surface area contributed by atoms with E-state index in [0.29, 0.717) is 18.2 Å². The maximum absolute atomic E-state index is 13.5. The van der Waals surface area contributed by atoms with Crippen LogP contribution >= 0.6 is 23.5 Å². The number of nitrogens with one attached hydrogen (secondary N) is 1. The Hall–Kier alpha value is -2.36. The number of benzene rings is 2. The van der Waals surface area contributed by atoms with Crippen molar-refractivity contribution in [2.45, 2.75) is 42.8 Å². The smallest absolute Gasteiger partial charge is 0.230 e. The first kappa shape index (κ1) is 24.8. The first-order valence-electron chi connectivity index (χ1n) is 11.6. The minimum Gasteiger partial charge on any atom is -0.355 e. The molecule has 1 fully saturated rings. The van der Waals surface area contributed by atoms with Gasteiger partial charge in [-0.05, 0) is 69.3 Å². The lowest BCUT2D eigenvalue weighted by Gasteiger charge is -2.26. The molecule has 0 unspecified atom stereocenters. The summed E-state index contributed by atoms with van der Waals surface area (Å²) in [7, 11) is 0. The van der Waals surface area contributed by atoms with Gasteiger partial charge in [-0.1, -0.05) is 35.9 Å². The average molecular weight is 500 g/mol. The number of amides is 1. The first-order chi connectivity index (χ1) is 16.6. The van der Waals surface area contributed by atoms with Gasteiger partial charge in [0.2, 0.25) is 5.91 Å². The van der Waals surface area contributed by atoms with E-state index in [1.165, 1.54) is 53.6 Å². The Labute approximate surface area is 208 Å². The second-order valence-corrected chi connectivity index (χ2v) is 10.5. The van der Waals surface area contributed by atoms with E-state index in [9.17, 15) is 9.18 Å². The molecule has 0 saturated carbocycles. The van der Waals surface area contributed by atoms with E-state index in [4.69, 9.17) is 0 Å². The number of likely N-dealkylation sites (tertiary alicyclic amines) is 1. The Balaban J connectivity index is 1.34. The molecule has 3 aromatic rings. The number of carbonyl (C=O) groups is 1. The van der Waals surface area contributed by atoms with Crippen LogP contribution in [0.25, 0.3) is 5.69 Å². The van der Waals surface area contributed by atoms with Crippen LogP contribution in [0.2, 0.25) is 0 Å². The molecule has 34 heavy (non-hydrogen) atoms. The Morgan fingerprint density at radius 2 is 1.74 bits per heavy atom. The molecule has 0 radical (unpaired) electrons. The zero-order valence-electron chi connectivity index (χ0n) is 19.4. The minimum atomic E-state index is -0.286. The van der Waals surface area contributed by atoms with Crippen molar-refractivity contribution >= 4 is 29.4 Å². The molecule has 1 amide bonds. The van der Waals surface area contributed by atoms with Crippen LogP contribution < -0.4 is 5.32 Å². The Morgan fingerprint density at radius 1 is 1.00 bits per heavy atom. The number of piperidine rings is 1. The number of carbonyl (C=O) groups excluding carboxylic acids is 1. The highest BCUT2D eigenvalue weighted by Gasteiger charge is 2.19. The van der Waals surface area contributed by atoms with Gasteiger partial charge in [-0.2, -0.15) is 0 Å². The van der Waals surface area contributed by atoms with Crippen LogP contribution in [0.3, 0.4) is 0 Å². The maximum atomic E-state index is 13.5. The minimum absolute atomic E-state index is 0.0410. The molecule has 1 aliphatic heterocycles. The summed E-state index contributed by atoms with van der Waals surface area (Å²) in [4.78, 5) is 16.0. The van der Waals surface area contributed by atoms with Crippen molar-refractivity contribution in [1.29, 1.82) is 0 Å². The fraction of sp³-hybridized carbons (Fsp3) is 0.400. The summed E-state index contributed by atoms with van der Waals surface area (Å²) in [5.41, 5.74) is 2.04. The van der Waals surface area contributed by atoms with Crippen molar-refractivity contribution < 1.29 is 9.18 Å². The largest absolute Gasteiger partial charge is 0.355 e. The molecule has 6 nitrogen and oxygen atoms in total. The average Bonchev–Trinajstić information content (AvgIpc) is 3.25. The van der Waals surface area contributed by atoms with Crippen molar-refractivity contribution in [3.63, 3.8) is 0 Å². The summed E-state index contributed by atoms with van der Waals surface area (Å²) in [6.07, 6.45) is 3.64. The van der Waals surface area contributed by atoms with Gasteiger partial charge in [-0.25, -0.2) is 4.39 Å². The predicted octanol–water partition coefficient (Wildman–Crippen LogP) is 4.70. The third kappa shape index (κ3) is 7.07. The van der Waals surface area contributed by atoms with Crippen LogP contribution in [-0.4, -0.2) is 56.7 Å². The number of rotatable bonds is 10. The second-order valence-electron chi connectivity index (χ2n) is 8.35. The predicted molar refractivity (Wildman–Crippen MR) is 136 cm³/mol. The zero-order chi connectivity index (χ0) is 23.8. The van der Waals surface area contributed by atoms with Gasteiger partial charge in [0.1, 0.15) is 5.82 Å². The molecule has 9 heteroatoms. The Kier molecular flexibility index (Phi) is 9.01. The van der Waals surface area contributed by atoms with Crippen LogP contribution in [0.4, 0.5) is 4.39 Å². The number of hydrogen-bond acceptors (Lipinski definition) is 6. The number of hydrogen-bond donors (Lipinski definition) is 1. The van der Waals surface area contributed by atoms with Crippen LogP contribution in [0.15, 0.2) is 58.6 Å². The number of aromatic nitrogens is 3. The summed E-state index contributed by atoms with van der Waals surface area (Å²) < 4.78 is 15.5. The monoisotopic (exact) mass is 499 g/mol. The van der Waals surface area contributed by atoms with Crippen molar-refractivity contribution in [1.82, 2.24) is 25.0 Å². The molecule has 2 aromatic carbocycles. The molecule has 1 aromatic heterocycles. The third-order valence-electron chi connectivity index (χ3n) is 5.65. The van der Waals surface area contributed by atoms with E-state index >= 15 is 0 Å². The van der Waals surface area contributed by atoms with Gasteiger partial charge in [0.15, 0.2) is 11.0 Å². The number of aryl methyl sites for hydroxylation is 1. The molecular weight excluding hydrogens is 469 g/mol. The van der Waals surface area contributed by atoms with E-state index in [0.717, 1.165) is 30.4 Å². The summed E-state index contributed by atoms with van der Waals surface area (Å²) in [6.45, 7) is 5.44. The SMILES string of the molecule is Cc1ccc(SCCNC(=O)CSc2nnc(CN3CCCCC3)n2-c2ccc(F)cc2)cc1. The van der Waals surface area contributed by atoms with Crippen LogP contribution in [0.5, 0.6) is 0 Å². The highest BCUT2D eigenvalue weighted by molar-refractivity contribution is 7.99. The normalized spacial score (nSPS) is 14.3. The van der Waals surface area contributed by atoms with E-state index < -0.39 is 0 Å². The Bertz CT molecular complexity index is 1070. The topological polar surface area (TPSA) is 63.1 Å². The molecule has 1 saturated heterocycles. The van der Waals surface area contributed by atoms with Gasteiger partial charge in [0.25, 0.3) is 0 Å². The van der Waals surface area contributed by atoms with Crippen LogP contribution in [0.1, 0.15) is 30.7 Å². The maximum Gasteiger partial charge on any atom is 0.230 e. The van der Waals surface area contributed by atoms with Gasteiger partial charge in [0, 0.05) is 22.9 Å². The lowest BCUT2D eigenvalue weighted by Crippen LogP contribution is -2.30. The molecule has 0 atom stereocenters. The molecule has 1 N–H and O–H groups in total. The van der Waals surface area contributed by atoms with Gasteiger partial charge >= 0.3 is 0 Å². The summed E-state index contributed by atoms with van der Waals surface area (Å²) in [6, 6.07) is 14.7. The van der Waals surface area contributed by atoms with Crippen molar-refractivity contribution in [2.24, 2.45) is 0 Å². The molecule has 2 heterocycles. The number of thioether (sulfide) groups is 2. The number of halogens is 1. The van der Waals surface area contributed by atoms with Gasteiger partial charge in [-0.15, -0.1) is 22.0 Å². The van der Waals surface area contributed by atoms with Crippen molar-refractivity contribution in [3.05, 3.63) is 65.7 Å². The fourth-order valence-electron chi connectivity index (χ4n) is 3.84. The number of nitrogens with zero attached hydrogens (tertiary/aromatic N) is 4. The van der Waals surface area contributed by atoms with E-state index in [1.807, 2.05) is 4.57 Å². The van der Waals surface area contributed by atoms with Crippen molar-refractivity contribution in [3.8, 4) is 5.69 Å². The summed E-state index contributed by atoms with van der Waals surface area (Å²) in [5.74, 6) is 1.54. The molecule has 0 bridgehead atoms. The lowest BCUT2D eigenvalue weighted by molar-refractivity contribution is -0.118. The molecule has 4 rings (SSSR count). The van der Waals surface area contributed by atoms with Crippen LogP contribution in [0, 0.1) is 12.7 Å². The molecule has 0 aliphatic carbocycles. The first-order valence-corrected chi connectivity index (χ1v) is 13.6. The van der Waals surface area contributed by atoms with Gasteiger partial charge < -0.3 is 5.32 Å². The Morgan fingerprint density at radius 3 is 2.47 bits per heavy atom. The van der Waals surface area contributed by atoms with Crippen molar-refractivity contribution in [2.75, 3.05) is 31.1 Å². The lowest BCUT2D eigenvalue weighted by atomic mass is 10.1. The van der Waals surface area contributed by atoms with Crippen LogP contribution in [-0.2, 0) is 11.3 Å². The summed E-state index contributed by atoms with van der Waals surface area (Å²) in [5, 5.41) is 12.4. The third-order valence-corrected chi connectivity index (χ3v) is 7.59. The second kappa shape index (κ2) is 12.4. The highest BCUT2D eigenvalue weighted by Crippen LogP contribution is 2.24. The molecule has 0 spiro atoms. The highest BCUT2D eigenvalue weighted by atomic mass is 32.2. The zero-order valence-corrected chi connectivity index (χ0v) is 21.0. The quantitative estimate of drug-likeness (QED) is 0.322. The van der Waals surface area contributed by atoms with Gasteiger partial charge in [0.05, 0.1) is 12.3 Å². The molecule has 1 aliphatic rings. The van der Waals surface area contributed by atoms with Gasteiger partial charge in [-0.3, -0.25) is 14.3 Å². The fourth-order valence-corrected chi connectivity index (χ4v) is 5.41. The summed E-state index contributed by atoms with van der Waals surface area (Å²) >= 11 is 3.07. The van der Waals surface area contributed by atoms with E-state index in [-0.39, 0.29) is 17.5 Å². The molecular formula is C25H30FN5OS2. The van der Waals surface area contributed by atoms with E-state index in [2.05, 4.69) is 51.6 Å². The standard InChI is InChI=1S/C25H30FN5OS2/c1-19-5-11-22(12-6-19)33-16-13-27-24(32)18-34-25-29-28-23(17-30-14-3-2-4-15-30)31(25)21-9-7-20(26)8-10-21/h5-12H,2-4,13-18H2,1H3,(H,27,32). The van der Waals surface area contributed by atoms with E-state index in [1.54, 1.807) is 23.9 Å². The molecule has 180 valence electrons.